The number of anilines is 2. The molecule has 0 saturated carbocycles. The Balaban J connectivity index is 1.92. The van der Waals surface area contributed by atoms with Crippen molar-refractivity contribution in [1.82, 2.24) is 14.8 Å². The van der Waals surface area contributed by atoms with Gasteiger partial charge in [0.2, 0.25) is 0 Å². The minimum Gasteiger partial charge on any atom is -0.339 e. The molecule has 5 heteroatoms. The highest BCUT2D eigenvalue weighted by molar-refractivity contribution is 5.69. The molecule has 0 amide bonds. The van der Waals surface area contributed by atoms with Gasteiger partial charge in [0, 0.05) is 16.9 Å². The van der Waals surface area contributed by atoms with Crippen molar-refractivity contribution >= 4 is 11.5 Å². The van der Waals surface area contributed by atoms with Crippen molar-refractivity contribution in [2.45, 2.75) is 46.5 Å². The average Bonchev–Trinajstić information content (AvgIpc) is 2.99. The number of benzene rings is 1. The summed E-state index contributed by atoms with van der Waals surface area (Å²) in [7, 11) is 0. The molecule has 1 aliphatic rings. The second kappa shape index (κ2) is 6.88. The van der Waals surface area contributed by atoms with E-state index in [-0.39, 0.29) is 0 Å². The van der Waals surface area contributed by atoms with Gasteiger partial charge in [-0.1, -0.05) is 12.1 Å². The summed E-state index contributed by atoms with van der Waals surface area (Å²) in [5.74, 6) is 1.47. The van der Waals surface area contributed by atoms with Crippen LogP contribution in [0.4, 0.5) is 11.5 Å². The SMILES string of the molecule is Cc1cccc(Nc2nc(-n3nc(C)cc3C)c3c(c2C#N)CCCC3)c1. The van der Waals surface area contributed by atoms with Crippen LogP contribution in [0.1, 0.15) is 46.5 Å². The molecule has 0 saturated heterocycles. The van der Waals surface area contributed by atoms with E-state index in [2.05, 4.69) is 41.6 Å². The molecule has 27 heavy (non-hydrogen) atoms. The molecule has 0 fully saturated rings. The topological polar surface area (TPSA) is 66.5 Å². The van der Waals surface area contributed by atoms with Crippen LogP contribution in [0.25, 0.3) is 5.82 Å². The monoisotopic (exact) mass is 357 g/mol. The van der Waals surface area contributed by atoms with E-state index in [1.165, 1.54) is 5.56 Å². The Morgan fingerprint density at radius 1 is 1.07 bits per heavy atom. The summed E-state index contributed by atoms with van der Waals surface area (Å²) in [5, 5.41) is 17.9. The van der Waals surface area contributed by atoms with Crippen LogP contribution in [-0.2, 0) is 12.8 Å². The minimum absolute atomic E-state index is 0.617. The number of nitriles is 1. The van der Waals surface area contributed by atoms with E-state index >= 15 is 0 Å². The van der Waals surface area contributed by atoms with Crippen LogP contribution in [-0.4, -0.2) is 14.8 Å². The first-order chi connectivity index (χ1) is 13.1. The maximum absolute atomic E-state index is 9.87. The van der Waals surface area contributed by atoms with E-state index in [0.29, 0.717) is 11.4 Å². The van der Waals surface area contributed by atoms with Crippen molar-refractivity contribution in [3.05, 3.63) is 64.0 Å². The lowest BCUT2D eigenvalue weighted by molar-refractivity contribution is 0.666. The van der Waals surface area contributed by atoms with Crippen LogP contribution in [0.15, 0.2) is 30.3 Å². The third-order valence-electron chi connectivity index (χ3n) is 5.10. The number of pyridine rings is 1. The molecule has 0 radical (unpaired) electrons. The number of aryl methyl sites for hydroxylation is 3. The first-order valence-corrected chi connectivity index (χ1v) is 9.40. The standard InChI is InChI=1S/C22H23N5/c1-14-7-6-8-17(11-14)24-21-20(13-23)18-9-4-5-10-19(18)22(25-21)27-16(3)12-15(2)26-27/h6-8,11-12H,4-5,9-10H2,1-3H3,(H,24,25). The van der Waals surface area contributed by atoms with Crippen LogP contribution in [0.2, 0.25) is 0 Å². The fourth-order valence-electron chi connectivity index (χ4n) is 3.89. The minimum atomic E-state index is 0.617. The first-order valence-electron chi connectivity index (χ1n) is 9.40. The second-order valence-corrected chi connectivity index (χ2v) is 7.27. The number of hydrogen-bond donors (Lipinski definition) is 1. The molecule has 2 heterocycles. The zero-order valence-electron chi connectivity index (χ0n) is 16.0. The summed E-state index contributed by atoms with van der Waals surface area (Å²) in [5.41, 5.74) is 7.08. The summed E-state index contributed by atoms with van der Waals surface area (Å²) >= 11 is 0. The molecule has 1 aromatic carbocycles. The zero-order chi connectivity index (χ0) is 19.0. The molecular formula is C22H23N5. The summed E-state index contributed by atoms with van der Waals surface area (Å²) in [6, 6.07) is 12.6. The highest BCUT2D eigenvalue weighted by Gasteiger charge is 2.24. The van der Waals surface area contributed by atoms with E-state index in [1.807, 2.05) is 30.7 Å². The Labute approximate surface area is 159 Å². The molecule has 0 atom stereocenters. The predicted octanol–water partition coefficient (Wildman–Crippen LogP) is 4.69. The van der Waals surface area contributed by atoms with E-state index in [1.54, 1.807) is 0 Å². The Kier molecular flexibility index (Phi) is 4.41. The van der Waals surface area contributed by atoms with Crippen molar-refractivity contribution in [1.29, 1.82) is 5.26 Å². The summed E-state index contributed by atoms with van der Waals surface area (Å²) in [4.78, 5) is 4.89. The maximum Gasteiger partial charge on any atom is 0.159 e. The van der Waals surface area contributed by atoms with E-state index < -0.39 is 0 Å². The molecule has 0 aliphatic heterocycles. The fourth-order valence-corrected chi connectivity index (χ4v) is 3.89. The fraction of sp³-hybridized carbons (Fsp3) is 0.318. The predicted molar refractivity (Wildman–Crippen MR) is 107 cm³/mol. The molecule has 0 bridgehead atoms. The number of hydrogen-bond acceptors (Lipinski definition) is 4. The van der Waals surface area contributed by atoms with Crippen LogP contribution in [0.3, 0.4) is 0 Å². The van der Waals surface area contributed by atoms with Crippen molar-refractivity contribution < 1.29 is 0 Å². The molecule has 2 aromatic heterocycles. The van der Waals surface area contributed by atoms with Gasteiger partial charge < -0.3 is 5.32 Å². The van der Waals surface area contributed by atoms with Crippen LogP contribution in [0.5, 0.6) is 0 Å². The van der Waals surface area contributed by atoms with Gasteiger partial charge in [-0.15, -0.1) is 0 Å². The van der Waals surface area contributed by atoms with Gasteiger partial charge in [0.05, 0.1) is 11.3 Å². The van der Waals surface area contributed by atoms with Gasteiger partial charge in [0.1, 0.15) is 6.07 Å². The number of rotatable bonds is 3. The van der Waals surface area contributed by atoms with Crippen molar-refractivity contribution in [3.8, 4) is 11.9 Å². The number of aromatic nitrogens is 3. The molecular weight excluding hydrogens is 334 g/mol. The molecule has 5 nitrogen and oxygen atoms in total. The molecule has 4 rings (SSSR count). The van der Waals surface area contributed by atoms with Gasteiger partial charge >= 0.3 is 0 Å². The van der Waals surface area contributed by atoms with Gasteiger partial charge in [-0.3, -0.25) is 0 Å². The maximum atomic E-state index is 9.87. The highest BCUT2D eigenvalue weighted by Crippen LogP contribution is 2.33. The van der Waals surface area contributed by atoms with Crippen LogP contribution in [0, 0.1) is 32.1 Å². The lowest BCUT2D eigenvalue weighted by Gasteiger charge is -2.23. The van der Waals surface area contributed by atoms with Crippen molar-refractivity contribution in [2.24, 2.45) is 0 Å². The lowest BCUT2D eigenvalue weighted by Crippen LogP contribution is -2.16. The average molecular weight is 357 g/mol. The Hall–Kier alpha value is -3.13. The lowest BCUT2D eigenvalue weighted by atomic mass is 9.89. The Morgan fingerprint density at radius 2 is 1.85 bits per heavy atom. The van der Waals surface area contributed by atoms with Gasteiger partial charge in [-0.05, 0) is 75.8 Å². The zero-order valence-corrected chi connectivity index (χ0v) is 16.0. The molecule has 0 spiro atoms. The second-order valence-electron chi connectivity index (χ2n) is 7.27. The van der Waals surface area contributed by atoms with E-state index in [9.17, 15) is 5.26 Å². The third kappa shape index (κ3) is 3.19. The van der Waals surface area contributed by atoms with E-state index in [4.69, 9.17) is 4.98 Å². The van der Waals surface area contributed by atoms with E-state index in [0.717, 1.165) is 59.7 Å². The van der Waals surface area contributed by atoms with Crippen LogP contribution < -0.4 is 5.32 Å². The molecule has 0 unspecified atom stereocenters. The summed E-state index contributed by atoms with van der Waals surface area (Å²) < 4.78 is 1.92. The molecule has 3 aromatic rings. The molecule has 136 valence electrons. The first kappa shape index (κ1) is 17.3. The third-order valence-corrected chi connectivity index (χ3v) is 5.10. The molecule has 1 N–H and O–H groups in total. The Morgan fingerprint density at radius 3 is 2.52 bits per heavy atom. The Bertz CT molecular complexity index is 1060. The smallest absolute Gasteiger partial charge is 0.159 e. The van der Waals surface area contributed by atoms with Crippen molar-refractivity contribution in [2.75, 3.05) is 5.32 Å². The van der Waals surface area contributed by atoms with Crippen LogP contribution >= 0.6 is 0 Å². The van der Waals surface area contributed by atoms with Gasteiger partial charge in [-0.25, -0.2) is 9.67 Å². The quantitative estimate of drug-likeness (QED) is 0.739. The van der Waals surface area contributed by atoms with Gasteiger partial charge in [0.25, 0.3) is 0 Å². The highest BCUT2D eigenvalue weighted by atomic mass is 15.3. The number of nitrogens with zero attached hydrogens (tertiary/aromatic N) is 4. The number of nitrogens with one attached hydrogen (secondary N) is 1. The summed E-state index contributed by atoms with van der Waals surface area (Å²) in [6.45, 7) is 6.09. The largest absolute Gasteiger partial charge is 0.339 e. The van der Waals surface area contributed by atoms with Gasteiger partial charge in [0.15, 0.2) is 11.6 Å². The van der Waals surface area contributed by atoms with Gasteiger partial charge in [-0.2, -0.15) is 10.4 Å². The summed E-state index contributed by atoms with van der Waals surface area (Å²) in [6.07, 6.45) is 4.08. The number of fused-ring (bicyclic) bond motifs is 1. The molecule has 1 aliphatic carbocycles. The normalized spacial score (nSPS) is 13.1. The van der Waals surface area contributed by atoms with Crippen molar-refractivity contribution in [3.63, 3.8) is 0 Å².